The average Bonchev–Trinajstić information content (AvgIpc) is 2.47. The first-order valence-corrected chi connectivity index (χ1v) is 6.95. The third-order valence-corrected chi connectivity index (χ3v) is 3.54. The second-order valence-electron chi connectivity index (χ2n) is 5.11. The van der Waals surface area contributed by atoms with E-state index in [9.17, 15) is 4.79 Å². The highest BCUT2D eigenvalue weighted by molar-refractivity contribution is 5.91. The Balaban J connectivity index is 2.04. The Morgan fingerprint density at radius 1 is 1.40 bits per heavy atom. The SMILES string of the molecule is CC1CCN(C(=O)Nc2ccccc2C#CCO)CC1. The zero-order valence-electron chi connectivity index (χ0n) is 11.7. The number of piperidine rings is 1. The fraction of sp³-hybridized carbons (Fsp3) is 0.438. The molecule has 0 spiro atoms. The summed E-state index contributed by atoms with van der Waals surface area (Å²) in [7, 11) is 0. The van der Waals surface area contributed by atoms with Crippen LogP contribution in [0.2, 0.25) is 0 Å². The average molecular weight is 272 g/mol. The summed E-state index contributed by atoms with van der Waals surface area (Å²) >= 11 is 0. The van der Waals surface area contributed by atoms with Crippen molar-refractivity contribution < 1.29 is 9.90 Å². The van der Waals surface area contributed by atoms with Gasteiger partial charge in [0.1, 0.15) is 6.61 Å². The Kier molecular flexibility index (Phi) is 5.03. The van der Waals surface area contributed by atoms with Crippen molar-refractivity contribution in [1.29, 1.82) is 0 Å². The summed E-state index contributed by atoms with van der Waals surface area (Å²) in [5, 5.41) is 11.7. The second kappa shape index (κ2) is 6.97. The monoisotopic (exact) mass is 272 g/mol. The van der Waals surface area contributed by atoms with Gasteiger partial charge in [0.05, 0.1) is 5.69 Å². The Labute approximate surface area is 119 Å². The van der Waals surface area contributed by atoms with Crippen molar-refractivity contribution in [3.8, 4) is 11.8 Å². The van der Waals surface area contributed by atoms with Crippen LogP contribution in [0, 0.1) is 17.8 Å². The van der Waals surface area contributed by atoms with Crippen LogP contribution in [0.1, 0.15) is 25.3 Å². The maximum Gasteiger partial charge on any atom is 0.321 e. The lowest BCUT2D eigenvalue weighted by atomic mass is 10.00. The highest BCUT2D eigenvalue weighted by atomic mass is 16.2. The fourth-order valence-electron chi connectivity index (χ4n) is 2.24. The number of aliphatic hydroxyl groups is 1. The van der Waals surface area contributed by atoms with Crippen LogP contribution in [-0.2, 0) is 0 Å². The van der Waals surface area contributed by atoms with Crippen LogP contribution >= 0.6 is 0 Å². The molecule has 0 aliphatic carbocycles. The molecule has 1 saturated heterocycles. The number of aliphatic hydroxyl groups excluding tert-OH is 1. The van der Waals surface area contributed by atoms with E-state index < -0.39 is 0 Å². The summed E-state index contributed by atoms with van der Waals surface area (Å²) in [5.74, 6) is 6.15. The molecule has 1 aromatic rings. The predicted molar refractivity (Wildman–Crippen MR) is 79.4 cm³/mol. The van der Waals surface area contributed by atoms with Crippen LogP contribution in [0.4, 0.5) is 10.5 Å². The van der Waals surface area contributed by atoms with Gasteiger partial charge in [0.2, 0.25) is 0 Å². The minimum absolute atomic E-state index is 0.0739. The van der Waals surface area contributed by atoms with E-state index in [1.165, 1.54) is 0 Å². The Hall–Kier alpha value is -1.99. The molecular formula is C16H20N2O2. The maximum atomic E-state index is 12.2. The first-order chi connectivity index (χ1) is 9.70. The van der Waals surface area contributed by atoms with Gasteiger partial charge in [0.25, 0.3) is 0 Å². The van der Waals surface area contributed by atoms with Gasteiger partial charge in [-0.1, -0.05) is 30.9 Å². The van der Waals surface area contributed by atoms with Gasteiger partial charge in [0.15, 0.2) is 0 Å². The zero-order valence-corrected chi connectivity index (χ0v) is 11.7. The smallest absolute Gasteiger partial charge is 0.321 e. The molecule has 0 atom stereocenters. The largest absolute Gasteiger partial charge is 0.384 e. The number of nitrogens with zero attached hydrogens (tertiary/aromatic N) is 1. The molecular weight excluding hydrogens is 252 g/mol. The quantitative estimate of drug-likeness (QED) is 0.771. The van der Waals surface area contributed by atoms with Crippen molar-refractivity contribution >= 4 is 11.7 Å². The number of carbonyl (C=O) groups excluding carboxylic acids is 1. The standard InChI is InChI=1S/C16H20N2O2/c1-13-8-10-18(11-9-13)16(20)17-15-7-3-2-5-14(15)6-4-12-19/h2-3,5,7,13,19H,8-12H2,1H3,(H,17,20). The van der Waals surface area contributed by atoms with Crippen LogP contribution in [0.15, 0.2) is 24.3 Å². The number of urea groups is 1. The molecule has 4 heteroatoms. The minimum Gasteiger partial charge on any atom is -0.384 e. The van der Waals surface area contributed by atoms with E-state index in [-0.39, 0.29) is 12.6 Å². The summed E-state index contributed by atoms with van der Waals surface area (Å²) in [6.07, 6.45) is 2.11. The molecule has 1 aliphatic rings. The lowest BCUT2D eigenvalue weighted by Gasteiger charge is -2.30. The Morgan fingerprint density at radius 3 is 2.80 bits per heavy atom. The number of anilines is 1. The molecule has 0 saturated carbocycles. The van der Waals surface area contributed by atoms with E-state index in [4.69, 9.17) is 5.11 Å². The third kappa shape index (κ3) is 3.75. The molecule has 1 aromatic carbocycles. The van der Waals surface area contributed by atoms with Crippen LogP contribution in [0.3, 0.4) is 0 Å². The van der Waals surface area contributed by atoms with Gasteiger partial charge in [-0.05, 0) is 30.9 Å². The number of carbonyl (C=O) groups is 1. The summed E-state index contributed by atoms with van der Waals surface area (Å²) in [6.45, 7) is 3.64. The number of hydrogen-bond donors (Lipinski definition) is 2. The lowest BCUT2D eigenvalue weighted by Crippen LogP contribution is -2.40. The van der Waals surface area contributed by atoms with E-state index in [1.807, 2.05) is 29.2 Å². The molecule has 20 heavy (non-hydrogen) atoms. The van der Waals surface area contributed by atoms with Gasteiger partial charge < -0.3 is 15.3 Å². The van der Waals surface area contributed by atoms with E-state index >= 15 is 0 Å². The zero-order chi connectivity index (χ0) is 14.4. The number of hydrogen-bond acceptors (Lipinski definition) is 2. The van der Waals surface area contributed by atoms with E-state index in [0.29, 0.717) is 11.6 Å². The van der Waals surface area contributed by atoms with Crippen molar-refractivity contribution in [2.75, 3.05) is 25.0 Å². The lowest BCUT2D eigenvalue weighted by molar-refractivity contribution is 0.186. The number of nitrogens with one attached hydrogen (secondary N) is 1. The highest BCUT2D eigenvalue weighted by Gasteiger charge is 2.20. The first-order valence-electron chi connectivity index (χ1n) is 6.95. The molecule has 4 nitrogen and oxygen atoms in total. The molecule has 0 aromatic heterocycles. The van der Waals surface area contributed by atoms with E-state index in [2.05, 4.69) is 24.1 Å². The summed E-state index contributed by atoms with van der Waals surface area (Å²) in [4.78, 5) is 14.1. The number of benzene rings is 1. The number of amides is 2. The molecule has 2 N–H and O–H groups in total. The topological polar surface area (TPSA) is 52.6 Å². The molecule has 106 valence electrons. The normalized spacial score (nSPS) is 15.4. The fourth-order valence-corrected chi connectivity index (χ4v) is 2.24. The molecule has 0 radical (unpaired) electrons. The highest BCUT2D eigenvalue weighted by Crippen LogP contribution is 2.18. The van der Waals surface area contributed by atoms with Crippen LogP contribution < -0.4 is 5.32 Å². The van der Waals surface area contributed by atoms with Gasteiger partial charge >= 0.3 is 6.03 Å². The van der Waals surface area contributed by atoms with Gasteiger partial charge in [-0.2, -0.15) is 0 Å². The minimum atomic E-state index is -0.188. The van der Waals surface area contributed by atoms with E-state index in [1.54, 1.807) is 0 Å². The van der Waals surface area contributed by atoms with Crippen molar-refractivity contribution in [3.05, 3.63) is 29.8 Å². The molecule has 1 heterocycles. The van der Waals surface area contributed by atoms with Crippen LogP contribution in [-0.4, -0.2) is 35.7 Å². The Bertz CT molecular complexity index is 523. The van der Waals surface area contributed by atoms with Crippen molar-refractivity contribution in [2.45, 2.75) is 19.8 Å². The second-order valence-corrected chi connectivity index (χ2v) is 5.11. The first kappa shape index (κ1) is 14.4. The van der Waals surface area contributed by atoms with Crippen LogP contribution in [0.25, 0.3) is 0 Å². The number of rotatable bonds is 1. The molecule has 1 aliphatic heterocycles. The summed E-state index contributed by atoms with van der Waals surface area (Å²) < 4.78 is 0. The number of para-hydroxylation sites is 1. The summed E-state index contributed by atoms with van der Waals surface area (Å²) in [5.41, 5.74) is 1.41. The van der Waals surface area contributed by atoms with Gasteiger partial charge in [-0.3, -0.25) is 0 Å². The Morgan fingerprint density at radius 2 is 2.10 bits per heavy atom. The van der Waals surface area contributed by atoms with Gasteiger partial charge in [-0.25, -0.2) is 4.79 Å². The molecule has 1 fully saturated rings. The third-order valence-electron chi connectivity index (χ3n) is 3.54. The van der Waals surface area contributed by atoms with E-state index in [0.717, 1.165) is 31.5 Å². The van der Waals surface area contributed by atoms with Crippen molar-refractivity contribution in [2.24, 2.45) is 5.92 Å². The van der Waals surface area contributed by atoms with Crippen LogP contribution in [0.5, 0.6) is 0 Å². The molecule has 2 rings (SSSR count). The predicted octanol–water partition coefficient (Wildman–Crippen LogP) is 2.29. The molecule has 0 unspecified atom stereocenters. The van der Waals surface area contributed by atoms with Crippen molar-refractivity contribution in [3.63, 3.8) is 0 Å². The maximum absolute atomic E-state index is 12.2. The van der Waals surface area contributed by atoms with Gasteiger partial charge in [-0.15, -0.1) is 0 Å². The van der Waals surface area contributed by atoms with Crippen molar-refractivity contribution in [1.82, 2.24) is 4.90 Å². The molecule has 2 amide bonds. The molecule has 0 bridgehead atoms. The van der Waals surface area contributed by atoms with Gasteiger partial charge in [0, 0.05) is 18.7 Å². The number of likely N-dealkylation sites (tertiary alicyclic amines) is 1. The summed E-state index contributed by atoms with van der Waals surface area (Å²) in [6, 6.07) is 7.30.